The van der Waals surface area contributed by atoms with Gasteiger partial charge in [-0.05, 0) is 18.8 Å². The number of rotatable bonds is 4. The molecule has 1 amide bonds. The monoisotopic (exact) mass is 213 g/mol. The van der Waals surface area contributed by atoms with E-state index in [2.05, 4.69) is 12.2 Å². The highest BCUT2D eigenvalue weighted by atomic mass is 16.4. The van der Waals surface area contributed by atoms with Crippen LogP contribution in [0.4, 0.5) is 0 Å². The van der Waals surface area contributed by atoms with Gasteiger partial charge in [-0.2, -0.15) is 0 Å². The number of hydrogen-bond acceptors (Lipinski definition) is 2. The van der Waals surface area contributed by atoms with E-state index in [-0.39, 0.29) is 11.9 Å². The first-order valence-corrected chi connectivity index (χ1v) is 5.63. The van der Waals surface area contributed by atoms with Crippen LogP contribution in [0, 0.1) is 5.92 Å². The SMILES string of the molecule is CCC1CCCC(NC(=O)CC(=O)O)C1. The van der Waals surface area contributed by atoms with E-state index in [1.165, 1.54) is 6.42 Å². The predicted molar refractivity (Wildman–Crippen MR) is 56.4 cm³/mol. The lowest BCUT2D eigenvalue weighted by molar-refractivity contribution is -0.140. The van der Waals surface area contributed by atoms with Crippen LogP contribution >= 0.6 is 0 Å². The van der Waals surface area contributed by atoms with E-state index in [9.17, 15) is 9.59 Å². The van der Waals surface area contributed by atoms with Crippen molar-refractivity contribution in [3.05, 3.63) is 0 Å². The van der Waals surface area contributed by atoms with E-state index in [0.717, 1.165) is 25.7 Å². The molecule has 2 N–H and O–H groups in total. The Morgan fingerprint density at radius 3 is 2.73 bits per heavy atom. The molecule has 1 rings (SSSR count). The van der Waals surface area contributed by atoms with Crippen LogP contribution in [0.3, 0.4) is 0 Å². The smallest absolute Gasteiger partial charge is 0.312 e. The second kappa shape index (κ2) is 5.73. The molecule has 0 aromatic carbocycles. The molecule has 0 heterocycles. The van der Waals surface area contributed by atoms with Crippen LogP contribution in [0.5, 0.6) is 0 Å². The number of carboxylic acid groups (broad SMARTS) is 1. The molecule has 0 bridgehead atoms. The van der Waals surface area contributed by atoms with Gasteiger partial charge in [0.05, 0.1) is 0 Å². The quantitative estimate of drug-likeness (QED) is 0.696. The highest BCUT2D eigenvalue weighted by Crippen LogP contribution is 2.26. The largest absolute Gasteiger partial charge is 0.481 e. The number of aliphatic carboxylic acids is 1. The summed E-state index contributed by atoms with van der Waals surface area (Å²) in [7, 11) is 0. The van der Waals surface area contributed by atoms with Crippen LogP contribution in [0.15, 0.2) is 0 Å². The van der Waals surface area contributed by atoms with Crippen LogP contribution < -0.4 is 5.32 Å². The molecule has 4 nitrogen and oxygen atoms in total. The summed E-state index contributed by atoms with van der Waals surface area (Å²) in [6.07, 6.45) is 5.10. The van der Waals surface area contributed by atoms with Gasteiger partial charge in [-0.1, -0.05) is 26.2 Å². The van der Waals surface area contributed by atoms with Gasteiger partial charge in [-0.15, -0.1) is 0 Å². The lowest BCUT2D eigenvalue weighted by Crippen LogP contribution is -2.39. The zero-order chi connectivity index (χ0) is 11.3. The van der Waals surface area contributed by atoms with Crippen molar-refractivity contribution in [2.45, 2.75) is 51.5 Å². The van der Waals surface area contributed by atoms with Gasteiger partial charge in [0.2, 0.25) is 5.91 Å². The van der Waals surface area contributed by atoms with Crippen molar-refractivity contribution in [1.82, 2.24) is 5.32 Å². The first kappa shape index (κ1) is 12.0. The third kappa shape index (κ3) is 4.32. The maximum absolute atomic E-state index is 11.2. The van der Waals surface area contributed by atoms with Crippen molar-refractivity contribution in [2.24, 2.45) is 5.92 Å². The second-order valence-corrected chi connectivity index (χ2v) is 4.28. The van der Waals surface area contributed by atoms with E-state index < -0.39 is 12.4 Å². The van der Waals surface area contributed by atoms with Crippen molar-refractivity contribution < 1.29 is 14.7 Å². The number of amides is 1. The summed E-state index contributed by atoms with van der Waals surface area (Å²) in [5.41, 5.74) is 0. The van der Waals surface area contributed by atoms with E-state index in [4.69, 9.17) is 5.11 Å². The fourth-order valence-corrected chi connectivity index (χ4v) is 2.21. The van der Waals surface area contributed by atoms with Gasteiger partial charge in [0.25, 0.3) is 0 Å². The molecule has 1 fully saturated rings. The Hall–Kier alpha value is -1.06. The van der Waals surface area contributed by atoms with Gasteiger partial charge in [0.1, 0.15) is 6.42 Å². The van der Waals surface area contributed by atoms with Gasteiger partial charge in [-0.3, -0.25) is 9.59 Å². The maximum Gasteiger partial charge on any atom is 0.312 e. The second-order valence-electron chi connectivity index (χ2n) is 4.28. The molecule has 1 saturated carbocycles. The Bertz CT molecular complexity index is 240. The van der Waals surface area contributed by atoms with E-state index in [1.807, 2.05) is 0 Å². The molecule has 15 heavy (non-hydrogen) atoms. The van der Waals surface area contributed by atoms with Crippen LogP contribution in [0.2, 0.25) is 0 Å². The minimum atomic E-state index is -1.06. The first-order valence-electron chi connectivity index (χ1n) is 5.63. The van der Waals surface area contributed by atoms with Gasteiger partial charge in [0.15, 0.2) is 0 Å². The average molecular weight is 213 g/mol. The first-order chi connectivity index (χ1) is 7.11. The van der Waals surface area contributed by atoms with Crippen LogP contribution in [-0.2, 0) is 9.59 Å². The summed E-state index contributed by atoms with van der Waals surface area (Å²) in [6.45, 7) is 2.16. The summed E-state index contributed by atoms with van der Waals surface area (Å²) in [5, 5.41) is 11.2. The lowest BCUT2D eigenvalue weighted by Gasteiger charge is -2.28. The van der Waals surface area contributed by atoms with Gasteiger partial charge in [0, 0.05) is 6.04 Å². The molecule has 0 aliphatic heterocycles. The van der Waals surface area contributed by atoms with E-state index in [0.29, 0.717) is 5.92 Å². The average Bonchev–Trinajstić information content (AvgIpc) is 2.16. The molecule has 86 valence electrons. The molecule has 1 aliphatic carbocycles. The summed E-state index contributed by atoms with van der Waals surface area (Å²) in [4.78, 5) is 21.5. The van der Waals surface area contributed by atoms with Gasteiger partial charge in [-0.25, -0.2) is 0 Å². The number of carbonyl (C=O) groups excluding carboxylic acids is 1. The lowest BCUT2D eigenvalue weighted by atomic mass is 9.84. The van der Waals surface area contributed by atoms with Crippen molar-refractivity contribution in [1.29, 1.82) is 0 Å². The molecule has 0 saturated heterocycles. The number of carbonyl (C=O) groups is 2. The third-order valence-corrected chi connectivity index (χ3v) is 3.04. The topological polar surface area (TPSA) is 66.4 Å². The van der Waals surface area contributed by atoms with Gasteiger partial charge < -0.3 is 10.4 Å². The molecular formula is C11H19NO3. The molecule has 0 aromatic rings. The highest BCUT2D eigenvalue weighted by molar-refractivity contribution is 5.93. The Morgan fingerprint density at radius 2 is 2.13 bits per heavy atom. The summed E-state index contributed by atoms with van der Waals surface area (Å²) >= 11 is 0. The van der Waals surface area contributed by atoms with E-state index >= 15 is 0 Å². The van der Waals surface area contributed by atoms with Gasteiger partial charge >= 0.3 is 5.97 Å². The Morgan fingerprint density at radius 1 is 1.40 bits per heavy atom. The van der Waals surface area contributed by atoms with Crippen molar-refractivity contribution >= 4 is 11.9 Å². The standard InChI is InChI=1S/C11H19NO3/c1-2-8-4-3-5-9(6-8)12-10(13)7-11(14)15/h8-9H,2-7H2,1H3,(H,12,13)(H,14,15). The summed E-state index contributed by atoms with van der Waals surface area (Å²) in [6, 6.07) is 0.190. The van der Waals surface area contributed by atoms with Crippen LogP contribution in [-0.4, -0.2) is 23.0 Å². The zero-order valence-corrected chi connectivity index (χ0v) is 9.16. The fourth-order valence-electron chi connectivity index (χ4n) is 2.21. The van der Waals surface area contributed by atoms with Crippen molar-refractivity contribution in [2.75, 3.05) is 0 Å². The number of hydrogen-bond donors (Lipinski definition) is 2. The minimum absolute atomic E-state index is 0.190. The number of carboxylic acids is 1. The van der Waals surface area contributed by atoms with Crippen LogP contribution in [0.1, 0.15) is 45.4 Å². The molecule has 0 spiro atoms. The Kier molecular flexibility index (Phi) is 4.59. The molecule has 0 radical (unpaired) electrons. The summed E-state index contributed by atoms with van der Waals surface area (Å²) in [5.74, 6) is -0.728. The zero-order valence-electron chi connectivity index (χ0n) is 9.16. The summed E-state index contributed by atoms with van der Waals surface area (Å²) < 4.78 is 0. The van der Waals surface area contributed by atoms with Crippen molar-refractivity contribution in [3.63, 3.8) is 0 Å². The normalized spacial score (nSPS) is 25.9. The predicted octanol–water partition coefficient (Wildman–Crippen LogP) is 1.55. The molecule has 2 atom stereocenters. The maximum atomic E-state index is 11.2. The highest BCUT2D eigenvalue weighted by Gasteiger charge is 2.22. The minimum Gasteiger partial charge on any atom is -0.481 e. The van der Waals surface area contributed by atoms with Crippen molar-refractivity contribution in [3.8, 4) is 0 Å². The molecule has 4 heteroatoms. The third-order valence-electron chi connectivity index (χ3n) is 3.04. The molecule has 2 unspecified atom stereocenters. The fraction of sp³-hybridized carbons (Fsp3) is 0.818. The number of nitrogens with one attached hydrogen (secondary N) is 1. The van der Waals surface area contributed by atoms with Crippen LogP contribution in [0.25, 0.3) is 0 Å². The van der Waals surface area contributed by atoms with E-state index in [1.54, 1.807) is 0 Å². The molecule has 0 aromatic heterocycles. The Balaban J connectivity index is 2.31. The Labute approximate surface area is 90.0 Å². The molecular weight excluding hydrogens is 194 g/mol. The molecule has 1 aliphatic rings.